The van der Waals surface area contributed by atoms with E-state index in [1.54, 1.807) is 0 Å². The van der Waals surface area contributed by atoms with Gasteiger partial charge in [0.25, 0.3) is 0 Å². The lowest BCUT2D eigenvalue weighted by Crippen LogP contribution is -2.33. The molecule has 16 heavy (non-hydrogen) atoms. The second kappa shape index (κ2) is 4.80. The third-order valence-corrected chi connectivity index (χ3v) is 2.73. The van der Waals surface area contributed by atoms with Crippen LogP contribution in [0, 0.1) is 16.0 Å². The number of esters is 1. The smallest absolute Gasteiger partial charge is 0.309 e. The van der Waals surface area contributed by atoms with Crippen molar-refractivity contribution in [2.75, 3.05) is 0 Å². The summed E-state index contributed by atoms with van der Waals surface area (Å²) in [6.07, 6.45) is 2.11. The number of hydrogen-bond acceptors (Lipinski definition) is 4. The molecule has 1 aliphatic rings. The third-order valence-electron chi connectivity index (χ3n) is 2.73. The van der Waals surface area contributed by atoms with Crippen LogP contribution >= 0.6 is 0 Å². The van der Waals surface area contributed by atoms with Gasteiger partial charge in [0.1, 0.15) is 5.60 Å². The monoisotopic (exact) mass is 229 g/mol. The van der Waals surface area contributed by atoms with Crippen molar-refractivity contribution in [3.8, 4) is 0 Å². The summed E-state index contributed by atoms with van der Waals surface area (Å²) in [6, 6.07) is -0.473. The lowest BCUT2D eigenvalue weighted by molar-refractivity contribution is -0.526. The van der Waals surface area contributed by atoms with E-state index in [0.29, 0.717) is 25.7 Å². The van der Waals surface area contributed by atoms with Crippen molar-refractivity contribution < 1.29 is 14.5 Å². The van der Waals surface area contributed by atoms with E-state index in [2.05, 4.69) is 0 Å². The maximum absolute atomic E-state index is 11.7. The fraction of sp³-hybridized carbons (Fsp3) is 0.909. The highest BCUT2D eigenvalue weighted by Crippen LogP contribution is 2.28. The molecule has 0 N–H and O–H groups in total. The number of rotatable bonds is 2. The maximum atomic E-state index is 11.7. The molecule has 0 spiro atoms. The quantitative estimate of drug-likeness (QED) is 0.413. The van der Waals surface area contributed by atoms with Crippen LogP contribution in [0.15, 0.2) is 0 Å². The summed E-state index contributed by atoms with van der Waals surface area (Å²) in [4.78, 5) is 22.0. The van der Waals surface area contributed by atoms with Gasteiger partial charge in [0.05, 0.1) is 5.92 Å². The molecule has 0 aromatic heterocycles. The molecule has 0 atom stereocenters. The van der Waals surface area contributed by atoms with E-state index in [4.69, 9.17) is 4.74 Å². The van der Waals surface area contributed by atoms with Crippen LogP contribution in [-0.2, 0) is 9.53 Å². The minimum Gasteiger partial charge on any atom is -0.460 e. The predicted molar refractivity (Wildman–Crippen MR) is 58.6 cm³/mol. The molecule has 1 rings (SSSR count). The summed E-state index contributed by atoms with van der Waals surface area (Å²) in [5.74, 6) is -0.371. The van der Waals surface area contributed by atoms with Crippen molar-refractivity contribution in [1.29, 1.82) is 0 Å². The first kappa shape index (κ1) is 12.9. The summed E-state index contributed by atoms with van der Waals surface area (Å²) in [7, 11) is 0. The van der Waals surface area contributed by atoms with Crippen molar-refractivity contribution in [3.05, 3.63) is 10.1 Å². The molecule has 0 aromatic rings. The van der Waals surface area contributed by atoms with Crippen LogP contribution in [0.5, 0.6) is 0 Å². The van der Waals surface area contributed by atoms with Gasteiger partial charge >= 0.3 is 5.97 Å². The normalized spacial score (nSPS) is 26.2. The van der Waals surface area contributed by atoms with Gasteiger partial charge in [0, 0.05) is 17.8 Å². The van der Waals surface area contributed by atoms with Crippen LogP contribution in [0.25, 0.3) is 0 Å². The Morgan fingerprint density at radius 3 is 2.12 bits per heavy atom. The minimum absolute atomic E-state index is 0.157. The average Bonchev–Trinajstić information content (AvgIpc) is 2.15. The van der Waals surface area contributed by atoms with Crippen molar-refractivity contribution in [3.63, 3.8) is 0 Å². The summed E-state index contributed by atoms with van der Waals surface area (Å²) < 4.78 is 5.26. The molecular weight excluding hydrogens is 210 g/mol. The summed E-state index contributed by atoms with van der Waals surface area (Å²) >= 11 is 0. The molecule has 0 radical (unpaired) electrons. The van der Waals surface area contributed by atoms with E-state index in [9.17, 15) is 14.9 Å². The molecule has 0 aliphatic heterocycles. The number of nitrogens with zero attached hydrogens (tertiary/aromatic N) is 1. The summed E-state index contributed by atoms with van der Waals surface area (Å²) in [6.45, 7) is 5.48. The van der Waals surface area contributed by atoms with Crippen LogP contribution in [0.3, 0.4) is 0 Å². The molecule has 5 heteroatoms. The van der Waals surface area contributed by atoms with Crippen LogP contribution in [-0.4, -0.2) is 22.5 Å². The molecule has 0 aromatic carbocycles. The predicted octanol–water partition coefficient (Wildman–Crippen LogP) is 2.16. The second-order valence-corrected chi connectivity index (χ2v) is 5.32. The highest BCUT2D eigenvalue weighted by Gasteiger charge is 2.34. The minimum atomic E-state index is -0.475. The Morgan fingerprint density at radius 1 is 1.25 bits per heavy atom. The first-order chi connectivity index (χ1) is 7.29. The second-order valence-electron chi connectivity index (χ2n) is 5.32. The van der Waals surface area contributed by atoms with Gasteiger partial charge in [-0.05, 0) is 33.6 Å². The Balaban J connectivity index is 2.42. The van der Waals surface area contributed by atoms with Gasteiger partial charge in [-0.3, -0.25) is 14.9 Å². The van der Waals surface area contributed by atoms with Crippen molar-refractivity contribution in [2.45, 2.75) is 58.1 Å². The molecule has 92 valence electrons. The number of carbonyl (C=O) groups excluding carboxylic acids is 1. The lowest BCUT2D eigenvalue weighted by atomic mass is 9.86. The Morgan fingerprint density at radius 2 is 1.75 bits per heavy atom. The van der Waals surface area contributed by atoms with E-state index in [-0.39, 0.29) is 16.8 Å². The summed E-state index contributed by atoms with van der Waals surface area (Å²) in [5, 5.41) is 10.5. The molecule has 0 unspecified atom stereocenters. The van der Waals surface area contributed by atoms with Crippen molar-refractivity contribution in [1.82, 2.24) is 0 Å². The highest BCUT2D eigenvalue weighted by atomic mass is 16.6. The van der Waals surface area contributed by atoms with Crippen LogP contribution in [0.1, 0.15) is 46.5 Å². The fourth-order valence-electron chi connectivity index (χ4n) is 1.91. The molecule has 1 saturated carbocycles. The van der Waals surface area contributed by atoms with Gasteiger partial charge in [-0.1, -0.05) is 0 Å². The van der Waals surface area contributed by atoms with Gasteiger partial charge < -0.3 is 4.74 Å². The Hall–Kier alpha value is -1.13. The first-order valence-corrected chi connectivity index (χ1v) is 5.66. The number of carbonyl (C=O) groups is 1. The molecular formula is C11H19NO4. The van der Waals surface area contributed by atoms with E-state index < -0.39 is 11.6 Å². The largest absolute Gasteiger partial charge is 0.460 e. The standard InChI is InChI=1S/C11H19NO4/c1-11(2,3)16-10(13)8-4-6-9(7-5-8)12(14)15/h8-9H,4-7H2,1-3H3. The number of nitro groups is 1. The van der Waals surface area contributed by atoms with Crippen molar-refractivity contribution >= 4 is 5.97 Å². The zero-order valence-electron chi connectivity index (χ0n) is 10.1. The maximum Gasteiger partial charge on any atom is 0.309 e. The lowest BCUT2D eigenvalue weighted by Gasteiger charge is -2.26. The molecule has 0 bridgehead atoms. The molecule has 0 amide bonds. The van der Waals surface area contributed by atoms with Crippen molar-refractivity contribution in [2.24, 2.45) is 5.92 Å². The van der Waals surface area contributed by atoms with E-state index >= 15 is 0 Å². The van der Waals surface area contributed by atoms with Gasteiger partial charge in [0.15, 0.2) is 0 Å². The van der Waals surface area contributed by atoms with E-state index in [1.165, 1.54) is 0 Å². The fourth-order valence-corrected chi connectivity index (χ4v) is 1.91. The molecule has 1 aliphatic carbocycles. The summed E-state index contributed by atoms with van der Waals surface area (Å²) in [5.41, 5.74) is -0.475. The molecule has 5 nitrogen and oxygen atoms in total. The van der Waals surface area contributed by atoms with Gasteiger partial charge in [-0.25, -0.2) is 0 Å². The molecule has 1 fully saturated rings. The van der Waals surface area contributed by atoms with Crippen LogP contribution < -0.4 is 0 Å². The number of hydrogen-bond donors (Lipinski definition) is 0. The molecule has 0 saturated heterocycles. The van der Waals surface area contributed by atoms with E-state index in [0.717, 1.165) is 0 Å². The Labute approximate surface area is 95.3 Å². The highest BCUT2D eigenvalue weighted by molar-refractivity contribution is 5.72. The third kappa shape index (κ3) is 3.79. The zero-order chi connectivity index (χ0) is 12.3. The average molecular weight is 229 g/mol. The van der Waals surface area contributed by atoms with Gasteiger partial charge in [-0.15, -0.1) is 0 Å². The SMILES string of the molecule is CC(C)(C)OC(=O)C1CCC([N+](=O)[O-])CC1. The Kier molecular flexibility index (Phi) is 3.88. The van der Waals surface area contributed by atoms with Crippen LogP contribution in [0.4, 0.5) is 0 Å². The van der Waals surface area contributed by atoms with Gasteiger partial charge in [0.2, 0.25) is 6.04 Å². The topological polar surface area (TPSA) is 69.4 Å². The first-order valence-electron chi connectivity index (χ1n) is 5.66. The van der Waals surface area contributed by atoms with Crippen LogP contribution in [0.2, 0.25) is 0 Å². The number of ether oxygens (including phenoxy) is 1. The zero-order valence-corrected chi connectivity index (χ0v) is 10.1. The van der Waals surface area contributed by atoms with Gasteiger partial charge in [-0.2, -0.15) is 0 Å². The Bertz CT molecular complexity index is 274. The molecule has 0 heterocycles. The van der Waals surface area contributed by atoms with E-state index in [1.807, 2.05) is 20.8 Å².